The number of rotatable bonds is 5. The lowest BCUT2D eigenvalue weighted by Crippen LogP contribution is -2.08. The normalized spacial score (nSPS) is 13.6. The van der Waals surface area contributed by atoms with Crippen LogP contribution >= 0.6 is 11.6 Å². The molecule has 0 unspecified atom stereocenters. The van der Waals surface area contributed by atoms with E-state index >= 15 is 0 Å². The number of amides is 1. The lowest BCUT2D eigenvalue weighted by Gasteiger charge is -2.10. The van der Waals surface area contributed by atoms with Crippen molar-refractivity contribution in [3.05, 3.63) is 75.1 Å². The van der Waals surface area contributed by atoms with Gasteiger partial charge in [-0.25, -0.2) is 0 Å². The Morgan fingerprint density at radius 2 is 2.00 bits per heavy atom. The molecule has 3 aromatic rings. The maximum absolute atomic E-state index is 12.4. The van der Waals surface area contributed by atoms with Crippen LogP contribution in [-0.4, -0.2) is 25.6 Å². The minimum Gasteiger partial charge on any atom is -0.322 e. The molecule has 0 atom stereocenters. The molecule has 4 rings (SSSR count). The summed E-state index contributed by atoms with van der Waals surface area (Å²) in [5.41, 5.74) is 1.53. The number of benzene rings is 2. The Bertz CT molecular complexity index is 1170. The van der Waals surface area contributed by atoms with E-state index < -0.39 is 10.8 Å². The van der Waals surface area contributed by atoms with E-state index in [0.29, 0.717) is 27.7 Å². The van der Waals surface area contributed by atoms with Crippen LogP contribution in [0.25, 0.3) is 17.5 Å². The Labute approximate surface area is 183 Å². The molecule has 0 radical (unpaired) electrons. The van der Waals surface area contributed by atoms with Crippen LogP contribution in [0, 0.1) is 10.1 Å². The first-order valence-electron chi connectivity index (χ1n) is 9.97. The molecule has 9 heteroatoms. The van der Waals surface area contributed by atoms with E-state index in [1.807, 2.05) is 0 Å². The Hall–Kier alpha value is -3.52. The third-order valence-corrected chi connectivity index (χ3v) is 5.46. The van der Waals surface area contributed by atoms with Gasteiger partial charge in [0.25, 0.3) is 5.69 Å². The van der Waals surface area contributed by atoms with Gasteiger partial charge in [0.2, 0.25) is 5.91 Å². The number of anilines is 1. The van der Waals surface area contributed by atoms with Crippen molar-refractivity contribution in [1.82, 2.24) is 14.8 Å². The summed E-state index contributed by atoms with van der Waals surface area (Å²) in [5, 5.41) is 23.0. The molecular formula is C22H20ClN5O3. The number of aromatic nitrogens is 3. The second-order valence-electron chi connectivity index (χ2n) is 7.24. The predicted molar refractivity (Wildman–Crippen MR) is 119 cm³/mol. The minimum atomic E-state index is -0.482. The van der Waals surface area contributed by atoms with Crippen LogP contribution in [0.4, 0.5) is 11.4 Å². The van der Waals surface area contributed by atoms with Crippen molar-refractivity contribution >= 4 is 35.0 Å². The summed E-state index contributed by atoms with van der Waals surface area (Å²) >= 11 is 6.42. The van der Waals surface area contributed by atoms with Gasteiger partial charge in [0.1, 0.15) is 5.82 Å². The number of nitro groups is 1. The summed E-state index contributed by atoms with van der Waals surface area (Å²) in [6, 6.07) is 11.4. The predicted octanol–water partition coefficient (Wildman–Crippen LogP) is 4.89. The molecule has 31 heavy (non-hydrogen) atoms. The fourth-order valence-corrected chi connectivity index (χ4v) is 3.80. The zero-order valence-electron chi connectivity index (χ0n) is 16.6. The molecule has 2 aromatic carbocycles. The monoisotopic (exact) mass is 437 g/mol. The molecule has 0 bridgehead atoms. The number of hydrogen-bond donors (Lipinski definition) is 1. The smallest absolute Gasteiger partial charge is 0.276 e. The Balaban J connectivity index is 1.55. The lowest BCUT2D eigenvalue weighted by molar-refractivity contribution is -0.385. The van der Waals surface area contributed by atoms with Crippen LogP contribution in [-0.2, 0) is 17.8 Å². The molecule has 1 N–H and O–H groups in total. The molecule has 158 valence electrons. The lowest BCUT2D eigenvalue weighted by atomic mass is 10.1. The van der Waals surface area contributed by atoms with Gasteiger partial charge >= 0.3 is 0 Å². The molecule has 8 nitrogen and oxygen atoms in total. The van der Waals surface area contributed by atoms with E-state index in [9.17, 15) is 14.9 Å². The number of nitrogens with one attached hydrogen (secondary N) is 1. The third-order valence-electron chi connectivity index (χ3n) is 5.13. The molecule has 1 amide bonds. The second kappa shape index (κ2) is 9.09. The Morgan fingerprint density at radius 3 is 2.84 bits per heavy atom. The van der Waals surface area contributed by atoms with Gasteiger partial charge in [0.15, 0.2) is 5.82 Å². The largest absolute Gasteiger partial charge is 0.322 e. The van der Waals surface area contributed by atoms with E-state index in [-0.39, 0.29) is 5.69 Å². The maximum Gasteiger partial charge on any atom is 0.276 e. The third kappa shape index (κ3) is 4.64. The average molecular weight is 438 g/mol. The van der Waals surface area contributed by atoms with E-state index in [2.05, 4.69) is 20.1 Å². The molecule has 0 aliphatic carbocycles. The molecule has 1 aromatic heterocycles. The fraction of sp³-hybridized carbons (Fsp3) is 0.227. The topological polar surface area (TPSA) is 103 Å². The molecule has 1 aliphatic rings. The molecule has 0 fully saturated rings. The van der Waals surface area contributed by atoms with Gasteiger partial charge in [-0.1, -0.05) is 30.2 Å². The average Bonchev–Trinajstić information content (AvgIpc) is 3.01. The maximum atomic E-state index is 12.4. The zero-order chi connectivity index (χ0) is 21.8. The number of nitro benzene ring substituents is 1. The van der Waals surface area contributed by atoms with E-state index in [1.54, 1.807) is 36.4 Å². The first-order valence-corrected chi connectivity index (χ1v) is 10.4. The summed E-state index contributed by atoms with van der Waals surface area (Å²) in [6.45, 7) is 0.836. The standard InChI is InChI=1S/C22H20ClN5O3/c23-18-11-10-16(14-17(18)22-26-25-20-8-2-1-5-13-27(20)22)24-21(29)12-9-15-6-3-4-7-19(15)28(30)31/h3-4,6-7,9-12,14H,1-2,5,8,13H2,(H,24,29)/b12-9+. The number of carbonyl (C=O) groups excluding carboxylic acids is 1. The van der Waals surface area contributed by atoms with E-state index in [4.69, 9.17) is 11.6 Å². The van der Waals surface area contributed by atoms with Crippen molar-refractivity contribution in [2.45, 2.75) is 32.2 Å². The van der Waals surface area contributed by atoms with Crippen molar-refractivity contribution in [3.8, 4) is 11.4 Å². The molecule has 0 spiro atoms. The number of para-hydroxylation sites is 1. The van der Waals surface area contributed by atoms with Gasteiger partial charge in [-0.2, -0.15) is 0 Å². The number of fused-ring (bicyclic) bond motifs is 1. The van der Waals surface area contributed by atoms with Crippen LogP contribution in [0.3, 0.4) is 0 Å². The number of aryl methyl sites for hydroxylation is 1. The van der Waals surface area contributed by atoms with Crippen molar-refractivity contribution in [3.63, 3.8) is 0 Å². The summed E-state index contributed by atoms with van der Waals surface area (Å²) in [6.07, 6.45) is 6.87. The van der Waals surface area contributed by atoms with Gasteiger partial charge in [0, 0.05) is 36.4 Å². The van der Waals surface area contributed by atoms with Crippen LogP contribution < -0.4 is 5.32 Å². The molecular weight excluding hydrogens is 418 g/mol. The SMILES string of the molecule is O=C(/C=C/c1ccccc1[N+](=O)[O-])Nc1ccc(Cl)c(-c2nnc3n2CCCCC3)c1. The summed E-state index contributed by atoms with van der Waals surface area (Å²) in [4.78, 5) is 23.0. The first-order chi connectivity index (χ1) is 15.0. The molecule has 0 saturated heterocycles. The van der Waals surface area contributed by atoms with Gasteiger partial charge in [-0.05, 0) is 43.2 Å². The highest BCUT2D eigenvalue weighted by Gasteiger charge is 2.18. The molecule has 1 aliphatic heterocycles. The Kier molecular flexibility index (Phi) is 6.08. The minimum absolute atomic E-state index is 0.0622. The van der Waals surface area contributed by atoms with Gasteiger partial charge in [-0.3, -0.25) is 14.9 Å². The summed E-state index contributed by atoms with van der Waals surface area (Å²) in [7, 11) is 0. The molecule has 2 heterocycles. The number of hydrogen-bond acceptors (Lipinski definition) is 5. The van der Waals surface area contributed by atoms with Gasteiger partial charge in [0.05, 0.1) is 15.5 Å². The molecule has 0 saturated carbocycles. The summed E-state index contributed by atoms with van der Waals surface area (Å²) < 4.78 is 2.09. The fourth-order valence-electron chi connectivity index (χ4n) is 3.60. The zero-order valence-corrected chi connectivity index (χ0v) is 17.4. The number of nitrogens with zero attached hydrogens (tertiary/aromatic N) is 4. The van der Waals surface area contributed by atoms with Crippen molar-refractivity contribution in [2.75, 3.05) is 5.32 Å². The van der Waals surface area contributed by atoms with Crippen LogP contribution in [0.1, 0.15) is 30.7 Å². The Morgan fingerprint density at radius 1 is 1.16 bits per heavy atom. The summed E-state index contributed by atoms with van der Waals surface area (Å²) in [5.74, 6) is 1.23. The van der Waals surface area contributed by atoms with Crippen molar-refractivity contribution < 1.29 is 9.72 Å². The van der Waals surface area contributed by atoms with Crippen LogP contribution in [0.15, 0.2) is 48.5 Å². The highest BCUT2D eigenvalue weighted by molar-refractivity contribution is 6.33. The number of carbonyl (C=O) groups is 1. The van der Waals surface area contributed by atoms with Crippen LogP contribution in [0.5, 0.6) is 0 Å². The van der Waals surface area contributed by atoms with Gasteiger partial charge in [-0.15, -0.1) is 10.2 Å². The number of halogens is 1. The van der Waals surface area contributed by atoms with Gasteiger partial charge < -0.3 is 9.88 Å². The van der Waals surface area contributed by atoms with Crippen molar-refractivity contribution in [1.29, 1.82) is 0 Å². The quantitative estimate of drug-likeness (QED) is 0.348. The second-order valence-corrected chi connectivity index (χ2v) is 7.64. The highest BCUT2D eigenvalue weighted by Crippen LogP contribution is 2.31. The van der Waals surface area contributed by atoms with E-state index in [0.717, 1.165) is 38.1 Å². The van der Waals surface area contributed by atoms with Crippen molar-refractivity contribution in [2.24, 2.45) is 0 Å². The van der Waals surface area contributed by atoms with E-state index in [1.165, 1.54) is 18.2 Å². The highest BCUT2D eigenvalue weighted by atomic mass is 35.5. The first kappa shape index (κ1) is 20.7. The van der Waals surface area contributed by atoms with Crippen LogP contribution in [0.2, 0.25) is 5.02 Å².